The molecule has 2 aromatic rings. The Morgan fingerprint density at radius 2 is 2.08 bits per heavy atom. The van der Waals surface area contributed by atoms with Crippen LogP contribution in [0.15, 0.2) is 41.6 Å². The third-order valence-corrected chi connectivity index (χ3v) is 4.31. The summed E-state index contributed by atoms with van der Waals surface area (Å²) in [6, 6.07) is 5.85. The molecule has 0 aliphatic carbocycles. The van der Waals surface area contributed by atoms with Crippen LogP contribution in [0.1, 0.15) is 37.6 Å². The Morgan fingerprint density at radius 3 is 2.81 bits per heavy atom. The maximum absolute atomic E-state index is 12.3. The quantitative estimate of drug-likeness (QED) is 0.742. The molecule has 3 rings (SSSR count). The predicted molar refractivity (Wildman–Crippen MR) is 97.1 cm³/mol. The first-order valence-corrected chi connectivity index (χ1v) is 8.62. The van der Waals surface area contributed by atoms with Crippen molar-refractivity contribution in [1.82, 2.24) is 10.1 Å². The van der Waals surface area contributed by atoms with Crippen molar-refractivity contribution >= 4 is 5.91 Å². The monoisotopic (exact) mass is 356 g/mol. The lowest BCUT2D eigenvalue weighted by molar-refractivity contribution is -0.126. The van der Waals surface area contributed by atoms with Gasteiger partial charge in [-0.1, -0.05) is 38.6 Å². The summed E-state index contributed by atoms with van der Waals surface area (Å²) in [7, 11) is 0. The Bertz CT molecular complexity index is 804. The molecule has 2 heterocycles. The number of rotatable bonds is 6. The van der Waals surface area contributed by atoms with E-state index in [0.29, 0.717) is 19.5 Å². The minimum atomic E-state index is -0.150. The zero-order valence-electron chi connectivity index (χ0n) is 15.4. The number of ether oxygens (including phenoxy) is 2. The van der Waals surface area contributed by atoms with Gasteiger partial charge in [-0.3, -0.25) is 4.79 Å². The van der Waals surface area contributed by atoms with Gasteiger partial charge >= 0.3 is 0 Å². The molecule has 1 amide bonds. The van der Waals surface area contributed by atoms with E-state index >= 15 is 0 Å². The van der Waals surface area contributed by atoms with E-state index in [9.17, 15) is 4.79 Å². The number of nitrogens with zero attached hydrogens (tertiary/aromatic N) is 2. The first-order valence-electron chi connectivity index (χ1n) is 8.62. The topological polar surface area (TPSA) is 64.8 Å². The maximum atomic E-state index is 12.3. The summed E-state index contributed by atoms with van der Waals surface area (Å²) in [5, 5.41) is 4.11. The van der Waals surface area contributed by atoms with Crippen LogP contribution < -0.4 is 9.47 Å². The normalized spacial score (nSPS) is 12.9. The smallest absolute Gasteiger partial charge is 0.246 e. The Balaban J connectivity index is 1.72. The van der Waals surface area contributed by atoms with Crippen LogP contribution in [0, 0.1) is 0 Å². The fourth-order valence-corrected chi connectivity index (χ4v) is 2.95. The van der Waals surface area contributed by atoms with Crippen molar-refractivity contribution in [3.8, 4) is 11.5 Å². The van der Waals surface area contributed by atoms with Crippen molar-refractivity contribution in [1.29, 1.82) is 0 Å². The molecule has 0 radical (unpaired) electrons. The van der Waals surface area contributed by atoms with Crippen molar-refractivity contribution in [2.75, 3.05) is 13.3 Å². The minimum Gasteiger partial charge on any atom is -0.454 e. The second kappa shape index (κ2) is 7.23. The number of hydrogen-bond donors (Lipinski definition) is 0. The molecule has 1 aliphatic heterocycles. The number of amides is 1. The first-order chi connectivity index (χ1) is 12.4. The van der Waals surface area contributed by atoms with E-state index < -0.39 is 0 Å². The van der Waals surface area contributed by atoms with Crippen LogP contribution in [0.2, 0.25) is 0 Å². The third kappa shape index (κ3) is 3.90. The standard InChI is InChI=1S/C20H24N2O4/c1-5-18(23)22(11-15-12-26-21-19(15)20(2,3)4)9-8-14-6-7-16-17(10-14)25-13-24-16/h5-7,10,12H,1,8-9,11,13H2,2-4H3. The fourth-order valence-electron chi connectivity index (χ4n) is 2.95. The molecule has 1 aliphatic rings. The van der Waals surface area contributed by atoms with Gasteiger partial charge in [0.05, 0.1) is 12.2 Å². The van der Waals surface area contributed by atoms with Gasteiger partial charge in [-0.25, -0.2) is 0 Å². The highest BCUT2D eigenvalue weighted by Gasteiger charge is 2.24. The van der Waals surface area contributed by atoms with E-state index in [4.69, 9.17) is 14.0 Å². The highest BCUT2D eigenvalue weighted by molar-refractivity contribution is 5.87. The second-order valence-corrected chi connectivity index (χ2v) is 7.34. The largest absolute Gasteiger partial charge is 0.454 e. The van der Waals surface area contributed by atoms with Gasteiger partial charge in [0.25, 0.3) is 0 Å². The van der Waals surface area contributed by atoms with Crippen LogP contribution in [0.3, 0.4) is 0 Å². The van der Waals surface area contributed by atoms with Crippen molar-refractivity contribution in [2.45, 2.75) is 39.2 Å². The predicted octanol–water partition coefficient (Wildman–Crippen LogP) is 3.46. The summed E-state index contributed by atoms with van der Waals surface area (Å²) < 4.78 is 15.9. The molecule has 6 heteroatoms. The number of benzene rings is 1. The van der Waals surface area contributed by atoms with Crippen LogP contribution in [-0.2, 0) is 23.2 Å². The minimum absolute atomic E-state index is 0.119. The van der Waals surface area contributed by atoms with Gasteiger partial charge in [-0.2, -0.15) is 0 Å². The number of carbonyl (C=O) groups excluding carboxylic acids is 1. The summed E-state index contributed by atoms with van der Waals surface area (Å²) in [6.07, 6.45) is 3.65. The molecule has 6 nitrogen and oxygen atoms in total. The number of fused-ring (bicyclic) bond motifs is 1. The molecular weight excluding hydrogens is 332 g/mol. The third-order valence-electron chi connectivity index (χ3n) is 4.31. The lowest BCUT2D eigenvalue weighted by Gasteiger charge is -2.23. The SMILES string of the molecule is C=CC(=O)N(CCc1ccc2c(c1)OCO2)Cc1conc1C(C)(C)C. The van der Waals surface area contributed by atoms with Crippen molar-refractivity contribution in [3.05, 3.63) is 53.9 Å². The molecule has 0 atom stereocenters. The lowest BCUT2D eigenvalue weighted by Crippen LogP contribution is -2.32. The van der Waals surface area contributed by atoms with Crippen LogP contribution in [-0.4, -0.2) is 29.3 Å². The van der Waals surface area contributed by atoms with Crippen LogP contribution in [0.5, 0.6) is 11.5 Å². The van der Waals surface area contributed by atoms with E-state index in [1.165, 1.54) is 6.08 Å². The van der Waals surface area contributed by atoms with Crippen LogP contribution in [0.4, 0.5) is 0 Å². The fraction of sp³-hybridized carbons (Fsp3) is 0.400. The van der Waals surface area contributed by atoms with Gasteiger partial charge in [0, 0.05) is 17.5 Å². The Labute approximate surface area is 153 Å². The summed E-state index contributed by atoms with van der Waals surface area (Å²) in [5.41, 5.74) is 2.71. The molecule has 0 saturated heterocycles. The Kier molecular flexibility index (Phi) is 5.02. The molecule has 0 saturated carbocycles. The summed E-state index contributed by atoms with van der Waals surface area (Å²) in [6.45, 7) is 11.1. The molecule has 0 unspecified atom stereocenters. The molecule has 0 bridgehead atoms. The van der Waals surface area contributed by atoms with Crippen molar-refractivity contribution < 1.29 is 18.8 Å². The average molecular weight is 356 g/mol. The zero-order valence-corrected chi connectivity index (χ0v) is 15.4. The average Bonchev–Trinajstić information content (AvgIpc) is 3.25. The second-order valence-electron chi connectivity index (χ2n) is 7.34. The van der Waals surface area contributed by atoms with E-state index in [-0.39, 0.29) is 18.1 Å². The van der Waals surface area contributed by atoms with Gasteiger partial charge in [0.1, 0.15) is 6.26 Å². The molecule has 0 spiro atoms. The van der Waals surface area contributed by atoms with Crippen molar-refractivity contribution in [2.24, 2.45) is 0 Å². The number of hydrogen-bond acceptors (Lipinski definition) is 5. The van der Waals surface area contributed by atoms with Gasteiger partial charge in [-0.15, -0.1) is 0 Å². The summed E-state index contributed by atoms with van der Waals surface area (Å²) >= 11 is 0. The van der Waals surface area contributed by atoms with E-state index in [1.807, 2.05) is 18.2 Å². The van der Waals surface area contributed by atoms with Crippen LogP contribution >= 0.6 is 0 Å². The van der Waals surface area contributed by atoms with Gasteiger partial charge < -0.3 is 18.9 Å². The molecular formula is C20H24N2O4. The highest BCUT2D eigenvalue weighted by Crippen LogP contribution is 2.32. The van der Waals surface area contributed by atoms with E-state index in [1.54, 1.807) is 11.2 Å². The summed E-state index contributed by atoms with van der Waals surface area (Å²) in [4.78, 5) is 14.1. The highest BCUT2D eigenvalue weighted by atomic mass is 16.7. The summed E-state index contributed by atoms with van der Waals surface area (Å²) in [5.74, 6) is 1.39. The van der Waals surface area contributed by atoms with Gasteiger partial charge in [0.15, 0.2) is 11.5 Å². The van der Waals surface area contributed by atoms with E-state index in [2.05, 4.69) is 32.5 Å². The molecule has 26 heavy (non-hydrogen) atoms. The van der Waals surface area contributed by atoms with Gasteiger partial charge in [-0.05, 0) is 30.2 Å². The zero-order chi connectivity index (χ0) is 18.7. The first kappa shape index (κ1) is 18.0. The number of aromatic nitrogens is 1. The molecule has 0 N–H and O–H groups in total. The Hall–Kier alpha value is -2.76. The van der Waals surface area contributed by atoms with Crippen LogP contribution in [0.25, 0.3) is 0 Å². The van der Waals surface area contributed by atoms with Crippen molar-refractivity contribution in [3.63, 3.8) is 0 Å². The molecule has 138 valence electrons. The lowest BCUT2D eigenvalue weighted by atomic mass is 9.89. The number of carbonyl (C=O) groups is 1. The van der Waals surface area contributed by atoms with Gasteiger partial charge in [0.2, 0.25) is 12.7 Å². The molecule has 1 aromatic heterocycles. The van der Waals surface area contributed by atoms with E-state index in [0.717, 1.165) is 28.3 Å². The maximum Gasteiger partial charge on any atom is 0.246 e. The molecule has 1 aromatic carbocycles. The molecule has 0 fully saturated rings. The Morgan fingerprint density at radius 1 is 1.31 bits per heavy atom.